The number of nitrogen functional groups attached to an aromatic ring is 1. The molecule has 0 heterocycles. The maximum absolute atomic E-state index is 11.5. The first-order chi connectivity index (χ1) is 7.88. The summed E-state index contributed by atoms with van der Waals surface area (Å²) in [7, 11) is 1.22. The molecule has 7 heteroatoms. The molecule has 0 saturated heterocycles. The highest BCUT2D eigenvalue weighted by Gasteiger charge is 2.20. The summed E-state index contributed by atoms with van der Waals surface area (Å²) >= 11 is 9.09. The third kappa shape index (κ3) is 2.89. The van der Waals surface area contributed by atoms with E-state index in [0.29, 0.717) is 10.2 Å². The highest BCUT2D eigenvalue weighted by atomic mass is 79.9. The maximum atomic E-state index is 11.5. The minimum atomic E-state index is -0.661. The Hall–Kier alpha value is -1.27. The van der Waals surface area contributed by atoms with Gasteiger partial charge in [0.15, 0.2) is 0 Å². The molecule has 0 aromatic heterocycles. The number of carbonyl (C=O) groups is 2. The van der Waals surface area contributed by atoms with Crippen LogP contribution in [0.4, 0.5) is 11.4 Å². The van der Waals surface area contributed by atoms with Crippen LogP contribution in [0.15, 0.2) is 10.5 Å². The number of nitrogens with two attached hydrogens (primary N) is 1. The van der Waals surface area contributed by atoms with Crippen molar-refractivity contribution in [2.75, 3.05) is 18.2 Å². The van der Waals surface area contributed by atoms with Gasteiger partial charge in [0.1, 0.15) is 5.56 Å². The standard InChI is InChI=1S/C10H10BrClN2O3/c1-4(15)14-9-5(11)3-6(12)7(8(9)13)10(16)17-2/h3H,13H2,1-2H3,(H,14,15). The van der Waals surface area contributed by atoms with Crippen LogP contribution in [-0.2, 0) is 9.53 Å². The van der Waals surface area contributed by atoms with Crippen LogP contribution in [0.1, 0.15) is 17.3 Å². The van der Waals surface area contributed by atoms with Crippen molar-refractivity contribution in [3.05, 3.63) is 21.1 Å². The predicted molar refractivity (Wildman–Crippen MR) is 69.2 cm³/mol. The minimum Gasteiger partial charge on any atom is -0.465 e. The zero-order chi connectivity index (χ0) is 13.2. The van der Waals surface area contributed by atoms with E-state index in [4.69, 9.17) is 17.3 Å². The van der Waals surface area contributed by atoms with Gasteiger partial charge in [-0.25, -0.2) is 4.79 Å². The fourth-order valence-electron chi connectivity index (χ4n) is 1.25. The van der Waals surface area contributed by atoms with Gasteiger partial charge in [-0.3, -0.25) is 4.79 Å². The van der Waals surface area contributed by atoms with Gasteiger partial charge in [0.25, 0.3) is 0 Å². The predicted octanol–water partition coefficient (Wildman–Crippen LogP) is 2.43. The molecule has 1 aromatic rings. The number of anilines is 2. The van der Waals surface area contributed by atoms with Crippen molar-refractivity contribution in [2.45, 2.75) is 6.92 Å². The number of esters is 1. The number of carbonyl (C=O) groups excluding carboxylic acids is 2. The molecule has 0 aliphatic heterocycles. The fraction of sp³-hybridized carbons (Fsp3) is 0.200. The Bertz CT molecular complexity index is 491. The third-order valence-electron chi connectivity index (χ3n) is 1.96. The second-order valence-electron chi connectivity index (χ2n) is 3.18. The summed E-state index contributed by atoms with van der Waals surface area (Å²) in [6.07, 6.45) is 0. The van der Waals surface area contributed by atoms with Crippen LogP contribution >= 0.6 is 27.5 Å². The Morgan fingerprint density at radius 1 is 1.53 bits per heavy atom. The molecule has 3 N–H and O–H groups in total. The number of benzene rings is 1. The van der Waals surface area contributed by atoms with Gasteiger partial charge in [0.05, 0.1) is 23.5 Å². The zero-order valence-electron chi connectivity index (χ0n) is 9.14. The Labute approximate surface area is 111 Å². The van der Waals surface area contributed by atoms with Gasteiger partial charge < -0.3 is 15.8 Å². The summed E-state index contributed by atoms with van der Waals surface area (Å²) in [5.74, 6) is -0.970. The Morgan fingerprint density at radius 2 is 2.12 bits per heavy atom. The van der Waals surface area contributed by atoms with Crippen molar-refractivity contribution in [1.29, 1.82) is 0 Å². The fourth-order valence-corrected chi connectivity index (χ4v) is 2.21. The quantitative estimate of drug-likeness (QED) is 0.647. The van der Waals surface area contributed by atoms with Crippen molar-refractivity contribution in [1.82, 2.24) is 0 Å². The molecule has 0 bridgehead atoms. The number of hydrogen-bond donors (Lipinski definition) is 2. The van der Waals surface area contributed by atoms with Gasteiger partial charge in [-0.1, -0.05) is 11.6 Å². The summed E-state index contributed by atoms with van der Waals surface area (Å²) in [6.45, 7) is 1.33. The topological polar surface area (TPSA) is 81.4 Å². The molecule has 1 aromatic carbocycles. The lowest BCUT2D eigenvalue weighted by molar-refractivity contribution is -0.114. The van der Waals surface area contributed by atoms with E-state index < -0.39 is 5.97 Å². The number of rotatable bonds is 2. The molecule has 1 rings (SSSR count). The van der Waals surface area contributed by atoms with Crippen LogP contribution in [0.2, 0.25) is 5.02 Å². The van der Waals surface area contributed by atoms with Crippen LogP contribution in [0.3, 0.4) is 0 Å². The van der Waals surface area contributed by atoms with Gasteiger partial charge >= 0.3 is 5.97 Å². The number of hydrogen-bond acceptors (Lipinski definition) is 4. The van der Waals surface area contributed by atoms with E-state index in [9.17, 15) is 9.59 Å². The average Bonchev–Trinajstić information content (AvgIpc) is 2.23. The first-order valence-electron chi connectivity index (χ1n) is 4.51. The molecule has 0 saturated carbocycles. The lowest BCUT2D eigenvalue weighted by atomic mass is 10.1. The molecule has 0 aliphatic carbocycles. The van der Waals surface area contributed by atoms with Gasteiger partial charge in [-0.15, -0.1) is 0 Å². The largest absolute Gasteiger partial charge is 0.465 e. The van der Waals surface area contributed by atoms with Crippen molar-refractivity contribution in [2.24, 2.45) is 0 Å². The molecule has 0 aliphatic rings. The number of ether oxygens (including phenoxy) is 1. The summed E-state index contributed by atoms with van der Waals surface area (Å²) in [4.78, 5) is 22.5. The monoisotopic (exact) mass is 320 g/mol. The van der Waals surface area contributed by atoms with Gasteiger partial charge in [-0.05, 0) is 22.0 Å². The molecule has 17 heavy (non-hydrogen) atoms. The molecule has 92 valence electrons. The normalized spacial score (nSPS) is 9.88. The van der Waals surface area contributed by atoms with Gasteiger partial charge in [0.2, 0.25) is 5.91 Å². The number of halogens is 2. The van der Waals surface area contributed by atoms with E-state index in [1.807, 2.05) is 0 Å². The van der Waals surface area contributed by atoms with E-state index in [-0.39, 0.29) is 22.2 Å². The maximum Gasteiger partial charge on any atom is 0.341 e. The summed E-state index contributed by atoms with van der Waals surface area (Å²) in [5.41, 5.74) is 6.16. The second kappa shape index (κ2) is 5.37. The molecule has 0 atom stereocenters. The van der Waals surface area contributed by atoms with E-state index in [1.165, 1.54) is 20.1 Å². The molecular formula is C10H10BrClN2O3. The molecule has 1 amide bonds. The second-order valence-corrected chi connectivity index (χ2v) is 4.44. The Balaban J connectivity index is 3.42. The van der Waals surface area contributed by atoms with E-state index in [1.54, 1.807) is 0 Å². The Morgan fingerprint density at radius 3 is 2.59 bits per heavy atom. The van der Waals surface area contributed by atoms with E-state index >= 15 is 0 Å². The van der Waals surface area contributed by atoms with Crippen LogP contribution in [0.25, 0.3) is 0 Å². The molecule has 0 spiro atoms. The number of amides is 1. The average molecular weight is 322 g/mol. The third-order valence-corrected chi connectivity index (χ3v) is 2.88. The first kappa shape index (κ1) is 13.8. The summed E-state index contributed by atoms with van der Waals surface area (Å²) in [5, 5.41) is 2.66. The van der Waals surface area contributed by atoms with E-state index in [0.717, 1.165) is 0 Å². The molecule has 5 nitrogen and oxygen atoms in total. The van der Waals surface area contributed by atoms with Crippen molar-refractivity contribution in [3.63, 3.8) is 0 Å². The highest BCUT2D eigenvalue weighted by Crippen LogP contribution is 2.37. The van der Waals surface area contributed by atoms with Gasteiger partial charge in [-0.2, -0.15) is 0 Å². The Kier molecular flexibility index (Phi) is 4.36. The molecule has 0 fully saturated rings. The molecular weight excluding hydrogens is 311 g/mol. The molecule has 0 radical (unpaired) electrons. The van der Waals surface area contributed by atoms with Crippen LogP contribution < -0.4 is 11.1 Å². The molecule has 0 unspecified atom stereocenters. The zero-order valence-corrected chi connectivity index (χ0v) is 11.5. The smallest absolute Gasteiger partial charge is 0.341 e. The number of methoxy groups -OCH3 is 1. The highest BCUT2D eigenvalue weighted by molar-refractivity contribution is 9.10. The summed E-state index contributed by atoms with van der Waals surface area (Å²) < 4.78 is 5.06. The van der Waals surface area contributed by atoms with Crippen molar-refractivity contribution < 1.29 is 14.3 Å². The van der Waals surface area contributed by atoms with E-state index in [2.05, 4.69) is 26.0 Å². The van der Waals surface area contributed by atoms with Crippen LogP contribution in [0, 0.1) is 0 Å². The SMILES string of the molecule is COC(=O)c1c(Cl)cc(Br)c(NC(C)=O)c1N. The van der Waals surface area contributed by atoms with Crippen molar-refractivity contribution >= 4 is 50.8 Å². The first-order valence-corrected chi connectivity index (χ1v) is 5.69. The lowest BCUT2D eigenvalue weighted by Crippen LogP contribution is -2.13. The van der Waals surface area contributed by atoms with Crippen LogP contribution in [-0.4, -0.2) is 19.0 Å². The lowest BCUT2D eigenvalue weighted by Gasteiger charge is -2.13. The number of nitrogens with one attached hydrogen (secondary N) is 1. The van der Waals surface area contributed by atoms with Crippen LogP contribution in [0.5, 0.6) is 0 Å². The summed E-state index contributed by atoms with van der Waals surface area (Å²) in [6, 6.07) is 1.47. The minimum absolute atomic E-state index is 0.0288. The van der Waals surface area contributed by atoms with Crippen molar-refractivity contribution in [3.8, 4) is 0 Å². The van der Waals surface area contributed by atoms with Gasteiger partial charge in [0, 0.05) is 11.4 Å².